The number of ether oxygens (including phenoxy) is 1. The second-order valence-electron chi connectivity index (χ2n) is 9.09. The van der Waals surface area contributed by atoms with Gasteiger partial charge in [-0.3, -0.25) is 0 Å². The lowest BCUT2D eigenvalue weighted by Gasteiger charge is -2.32. The van der Waals surface area contributed by atoms with Gasteiger partial charge in [0.2, 0.25) is 0 Å². The van der Waals surface area contributed by atoms with Gasteiger partial charge in [0.25, 0.3) is 0 Å². The van der Waals surface area contributed by atoms with Crippen molar-refractivity contribution in [2.75, 3.05) is 0 Å². The Morgan fingerprint density at radius 3 is 2.53 bits per heavy atom. The Balaban J connectivity index is 1.38. The molecule has 4 rings (SSSR count). The maximum absolute atomic E-state index is 15.0. The van der Waals surface area contributed by atoms with Crippen LogP contribution in [0, 0.1) is 17.7 Å². The molecule has 1 saturated carbocycles. The van der Waals surface area contributed by atoms with Gasteiger partial charge in [0.15, 0.2) is 12.3 Å². The van der Waals surface area contributed by atoms with Crippen LogP contribution in [0.3, 0.4) is 0 Å². The lowest BCUT2D eigenvalue weighted by atomic mass is 9.75. The number of carbonyl (C=O) groups excluding carboxylic acids is 1. The number of alkyl halides is 2. The summed E-state index contributed by atoms with van der Waals surface area (Å²) in [5, 5.41) is 9.36. The molecule has 180 valence electrons. The van der Waals surface area contributed by atoms with E-state index in [4.69, 9.17) is 4.74 Å². The molecule has 0 aromatic heterocycles. The molecular formula is C28H29F3O3. The van der Waals surface area contributed by atoms with Gasteiger partial charge in [0, 0.05) is 18.1 Å². The van der Waals surface area contributed by atoms with Crippen LogP contribution < -0.4 is 0 Å². The summed E-state index contributed by atoms with van der Waals surface area (Å²) in [4.78, 5) is 12.6. The molecule has 1 N–H and O–H groups in total. The smallest absolute Gasteiger partial charge is 0.337 e. The second-order valence-corrected chi connectivity index (χ2v) is 9.09. The maximum Gasteiger partial charge on any atom is 0.337 e. The average molecular weight is 471 g/mol. The van der Waals surface area contributed by atoms with Crippen molar-refractivity contribution in [1.29, 1.82) is 0 Å². The monoisotopic (exact) mass is 470 g/mol. The number of rotatable bonds is 5. The molecule has 0 radical (unpaired) electrons. The van der Waals surface area contributed by atoms with Crippen molar-refractivity contribution in [3.8, 4) is 5.75 Å². The third kappa shape index (κ3) is 5.21. The Bertz CT molecular complexity index is 1070. The van der Waals surface area contributed by atoms with E-state index in [0.29, 0.717) is 22.6 Å². The van der Waals surface area contributed by atoms with Crippen LogP contribution in [0.2, 0.25) is 0 Å². The van der Waals surface area contributed by atoms with Crippen LogP contribution in [-0.2, 0) is 9.53 Å². The number of benzene rings is 1. The SMILES string of the molecule is C/C=C/C1CCC(C2=CC=C(C(=O)OC3C=CC(c4ccc(O)cc4F)=CC3)C(F)C2F)CC1. The molecule has 0 heterocycles. The van der Waals surface area contributed by atoms with Gasteiger partial charge in [-0.1, -0.05) is 30.4 Å². The lowest BCUT2D eigenvalue weighted by molar-refractivity contribution is -0.143. The number of carbonyl (C=O) groups is 1. The molecule has 1 aromatic carbocycles. The largest absolute Gasteiger partial charge is 0.508 e. The van der Waals surface area contributed by atoms with Crippen LogP contribution in [-0.4, -0.2) is 29.5 Å². The first-order valence-corrected chi connectivity index (χ1v) is 11.8. The molecule has 1 aromatic rings. The topological polar surface area (TPSA) is 46.5 Å². The minimum Gasteiger partial charge on any atom is -0.508 e. The summed E-state index contributed by atoms with van der Waals surface area (Å²) in [6, 6.07) is 3.88. The van der Waals surface area contributed by atoms with Crippen molar-refractivity contribution < 1.29 is 27.8 Å². The van der Waals surface area contributed by atoms with Crippen molar-refractivity contribution in [1.82, 2.24) is 0 Å². The van der Waals surface area contributed by atoms with Gasteiger partial charge in [-0.25, -0.2) is 18.0 Å². The molecule has 0 saturated heterocycles. The molecule has 0 aliphatic heterocycles. The van der Waals surface area contributed by atoms with Crippen molar-refractivity contribution in [2.45, 2.75) is 57.5 Å². The van der Waals surface area contributed by atoms with E-state index in [1.807, 2.05) is 13.0 Å². The highest BCUT2D eigenvalue weighted by Gasteiger charge is 2.38. The van der Waals surface area contributed by atoms with E-state index < -0.39 is 30.2 Å². The minimum atomic E-state index is -2.05. The molecule has 3 atom stereocenters. The normalized spacial score (nSPS) is 29.4. The number of halogens is 3. The quantitative estimate of drug-likeness (QED) is 0.384. The Hall–Kier alpha value is -3.02. The van der Waals surface area contributed by atoms with Gasteiger partial charge in [0.05, 0.1) is 5.57 Å². The van der Waals surface area contributed by atoms with E-state index >= 15 is 0 Å². The van der Waals surface area contributed by atoms with Crippen LogP contribution in [0.1, 0.15) is 44.6 Å². The number of phenolic OH excluding ortho intramolecular Hbond substituents is 1. The molecule has 3 aliphatic rings. The average Bonchev–Trinajstić information content (AvgIpc) is 2.82. The number of allylic oxidation sites excluding steroid dienone is 7. The summed E-state index contributed by atoms with van der Waals surface area (Å²) in [7, 11) is 0. The fourth-order valence-electron chi connectivity index (χ4n) is 4.99. The molecule has 0 bridgehead atoms. The van der Waals surface area contributed by atoms with E-state index in [1.165, 1.54) is 18.2 Å². The predicted octanol–water partition coefficient (Wildman–Crippen LogP) is 6.71. The third-order valence-corrected chi connectivity index (χ3v) is 6.85. The Kier molecular flexibility index (Phi) is 7.44. The fraction of sp³-hybridized carbons (Fsp3) is 0.393. The highest BCUT2D eigenvalue weighted by molar-refractivity contribution is 5.91. The molecule has 6 heteroatoms. The predicted molar refractivity (Wildman–Crippen MR) is 126 cm³/mol. The van der Waals surface area contributed by atoms with Gasteiger partial charge in [0.1, 0.15) is 17.7 Å². The van der Waals surface area contributed by atoms with Crippen molar-refractivity contribution in [3.05, 3.63) is 83.3 Å². The van der Waals surface area contributed by atoms with E-state index in [-0.39, 0.29) is 23.7 Å². The summed E-state index contributed by atoms with van der Waals surface area (Å²) < 4.78 is 49.4. The summed E-state index contributed by atoms with van der Waals surface area (Å²) in [5.41, 5.74) is 1.02. The number of esters is 1. The maximum atomic E-state index is 15.0. The fourth-order valence-corrected chi connectivity index (χ4v) is 4.99. The van der Waals surface area contributed by atoms with Crippen LogP contribution in [0.5, 0.6) is 5.75 Å². The molecule has 3 unspecified atom stereocenters. The number of phenols is 1. The Morgan fingerprint density at radius 2 is 1.88 bits per heavy atom. The molecule has 34 heavy (non-hydrogen) atoms. The number of hydrogen-bond acceptors (Lipinski definition) is 3. The lowest BCUT2D eigenvalue weighted by Crippen LogP contribution is -2.34. The Labute approximate surface area is 198 Å². The zero-order valence-corrected chi connectivity index (χ0v) is 19.1. The standard InChI is InChI=1S/C28H29F3O3/c1-2-3-17-4-6-19(7-5-17)23-14-15-24(27(31)26(23)30)28(33)34-21-11-8-18(9-12-21)22-13-10-20(32)16-25(22)29/h2-3,8-11,13-17,19,21,26-27,32H,4-7,12H2,1H3/b3-2+. The highest BCUT2D eigenvalue weighted by Crippen LogP contribution is 2.40. The first kappa shape index (κ1) is 24.1. The second kappa shape index (κ2) is 10.5. The van der Waals surface area contributed by atoms with Gasteiger partial charge in [-0.15, -0.1) is 0 Å². The van der Waals surface area contributed by atoms with Crippen molar-refractivity contribution in [2.24, 2.45) is 11.8 Å². The Morgan fingerprint density at radius 1 is 1.12 bits per heavy atom. The first-order valence-electron chi connectivity index (χ1n) is 11.8. The molecular weight excluding hydrogens is 441 g/mol. The van der Waals surface area contributed by atoms with Gasteiger partial charge >= 0.3 is 5.97 Å². The van der Waals surface area contributed by atoms with Crippen LogP contribution in [0.15, 0.2) is 71.9 Å². The van der Waals surface area contributed by atoms with Crippen molar-refractivity contribution >= 4 is 11.5 Å². The van der Waals surface area contributed by atoms with Crippen LogP contribution in [0.4, 0.5) is 13.2 Å². The summed E-state index contributed by atoms with van der Waals surface area (Å²) in [5.74, 6) is -1.13. The molecule has 0 amide bonds. The molecule has 0 spiro atoms. The van der Waals surface area contributed by atoms with Crippen LogP contribution in [0.25, 0.3) is 5.57 Å². The van der Waals surface area contributed by atoms with E-state index in [9.17, 15) is 23.1 Å². The van der Waals surface area contributed by atoms with Crippen LogP contribution >= 0.6 is 0 Å². The summed E-state index contributed by atoms with van der Waals surface area (Å²) in [6.45, 7) is 1.99. The minimum absolute atomic E-state index is 0.00583. The molecule has 1 fully saturated rings. The van der Waals surface area contributed by atoms with Gasteiger partial charge in [-0.05, 0) is 79.9 Å². The summed E-state index contributed by atoms with van der Waals surface area (Å²) >= 11 is 0. The zero-order chi connectivity index (χ0) is 24.2. The van der Waals surface area contributed by atoms with Crippen molar-refractivity contribution in [3.63, 3.8) is 0 Å². The molecule has 3 aliphatic carbocycles. The third-order valence-electron chi connectivity index (χ3n) is 6.85. The first-order chi connectivity index (χ1) is 16.4. The highest BCUT2D eigenvalue weighted by atomic mass is 19.2. The van der Waals surface area contributed by atoms with Gasteiger partial charge in [-0.2, -0.15) is 0 Å². The van der Waals surface area contributed by atoms with Gasteiger partial charge < -0.3 is 9.84 Å². The van der Waals surface area contributed by atoms with E-state index in [1.54, 1.807) is 24.3 Å². The zero-order valence-electron chi connectivity index (χ0n) is 19.1. The van der Waals surface area contributed by atoms with E-state index in [2.05, 4.69) is 6.08 Å². The molecule has 3 nitrogen and oxygen atoms in total. The number of hydrogen-bond donors (Lipinski definition) is 1. The number of aromatic hydroxyl groups is 1. The summed E-state index contributed by atoms with van der Waals surface area (Å²) in [6.07, 6.45) is 11.3. The van der Waals surface area contributed by atoms with E-state index in [0.717, 1.165) is 31.7 Å².